The Morgan fingerprint density at radius 1 is 1.53 bits per heavy atom. The molecule has 2 nitrogen and oxygen atoms in total. The predicted octanol–water partition coefficient (Wildman–Crippen LogP) is 2.37. The number of hydrogen-bond acceptors (Lipinski definition) is 3. The van der Waals surface area contributed by atoms with Crippen molar-refractivity contribution in [2.24, 2.45) is 11.7 Å². The Morgan fingerprint density at radius 3 is 2.87 bits per heavy atom. The standard InChI is InChI=1S/C11H17NOS2/c12-10(9-4-1-2-5-9)8-15(13)11-6-3-7-14-11/h3,6-7,9-10H,1-2,4-5,8,12H2. The first-order valence-corrected chi connectivity index (χ1v) is 7.64. The van der Waals surface area contributed by atoms with Gasteiger partial charge in [-0.25, -0.2) is 0 Å². The van der Waals surface area contributed by atoms with Crippen molar-refractivity contribution in [1.82, 2.24) is 0 Å². The van der Waals surface area contributed by atoms with Crippen LogP contribution in [0.3, 0.4) is 0 Å². The zero-order valence-electron chi connectivity index (χ0n) is 8.72. The largest absolute Gasteiger partial charge is 0.327 e. The maximum Gasteiger partial charge on any atom is 0.0911 e. The number of nitrogens with two attached hydrogens (primary N) is 1. The van der Waals surface area contributed by atoms with Crippen molar-refractivity contribution >= 4 is 22.1 Å². The molecular formula is C11H17NOS2. The van der Waals surface area contributed by atoms with E-state index in [1.54, 1.807) is 11.3 Å². The molecule has 1 fully saturated rings. The Kier molecular flexibility index (Phi) is 3.94. The molecule has 2 rings (SSSR count). The van der Waals surface area contributed by atoms with Crippen molar-refractivity contribution in [2.75, 3.05) is 5.75 Å². The lowest BCUT2D eigenvalue weighted by Gasteiger charge is -2.17. The summed E-state index contributed by atoms with van der Waals surface area (Å²) in [4.78, 5) is 0. The van der Waals surface area contributed by atoms with E-state index in [1.807, 2.05) is 17.5 Å². The van der Waals surface area contributed by atoms with E-state index in [1.165, 1.54) is 25.7 Å². The average molecular weight is 243 g/mol. The number of hydrogen-bond donors (Lipinski definition) is 1. The summed E-state index contributed by atoms with van der Waals surface area (Å²) in [5.74, 6) is 1.24. The van der Waals surface area contributed by atoms with Gasteiger partial charge in [-0.2, -0.15) is 0 Å². The first-order chi connectivity index (χ1) is 7.27. The van der Waals surface area contributed by atoms with Crippen LogP contribution in [0.2, 0.25) is 0 Å². The van der Waals surface area contributed by atoms with Gasteiger partial charge in [0.1, 0.15) is 0 Å². The Balaban J connectivity index is 1.88. The third-order valence-electron chi connectivity index (χ3n) is 3.07. The van der Waals surface area contributed by atoms with Crippen molar-refractivity contribution in [1.29, 1.82) is 0 Å². The molecule has 0 bridgehead atoms. The minimum absolute atomic E-state index is 0.121. The Morgan fingerprint density at radius 2 is 2.27 bits per heavy atom. The molecule has 15 heavy (non-hydrogen) atoms. The molecular weight excluding hydrogens is 226 g/mol. The van der Waals surface area contributed by atoms with Crippen molar-refractivity contribution in [3.63, 3.8) is 0 Å². The maximum absolute atomic E-state index is 11.9. The molecule has 1 aromatic rings. The van der Waals surface area contributed by atoms with Crippen molar-refractivity contribution in [3.8, 4) is 0 Å². The first-order valence-electron chi connectivity index (χ1n) is 5.45. The highest BCUT2D eigenvalue weighted by molar-refractivity contribution is 7.87. The molecule has 0 radical (unpaired) electrons. The molecule has 0 spiro atoms. The van der Waals surface area contributed by atoms with Crippen LogP contribution in [0.4, 0.5) is 0 Å². The second-order valence-electron chi connectivity index (χ2n) is 4.15. The van der Waals surface area contributed by atoms with Gasteiger partial charge in [-0.3, -0.25) is 4.21 Å². The summed E-state index contributed by atoms with van der Waals surface area (Å²) in [5.41, 5.74) is 6.10. The van der Waals surface area contributed by atoms with Gasteiger partial charge in [0.2, 0.25) is 0 Å². The molecule has 2 atom stereocenters. The summed E-state index contributed by atoms with van der Waals surface area (Å²) < 4.78 is 12.9. The zero-order chi connectivity index (χ0) is 10.7. The van der Waals surface area contributed by atoms with Crippen LogP contribution >= 0.6 is 11.3 Å². The minimum Gasteiger partial charge on any atom is -0.327 e. The molecule has 1 aliphatic rings. The van der Waals surface area contributed by atoms with Crippen molar-refractivity contribution in [3.05, 3.63) is 17.5 Å². The monoisotopic (exact) mass is 243 g/mol. The van der Waals surface area contributed by atoms with E-state index >= 15 is 0 Å². The van der Waals surface area contributed by atoms with Crippen LogP contribution in [0.1, 0.15) is 25.7 Å². The molecule has 2 unspecified atom stereocenters. The van der Waals surface area contributed by atoms with E-state index in [-0.39, 0.29) is 6.04 Å². The van der Waals surface area contributed by atoms with Gasteiger partial charge in [-0.05, 0) is 30.2 Å². The Hall–Kier alpha value is -0.190. The van der Waals surface area contributed by atoms with Crippen LogP contribution in [-0.4, -0.2) is 16.0 Å². The summed E-state index contributed by atoms with van der Waals surface area (Å²) in [6.45, 7) is 0. The number of rotatable bonds is 4. The molecule has 0 aliphatic heterocycles. The lowest BCUT2D eigenvalue weighted by molar-refractivity contribution is 0.460. The topological polar surface area (TPSA) is 43.1 Å². The molecule has 0 aromatic carbocycles. The predicted molar refractivity (Wildman–Crippen MR) is 65.5 cm³/mol. The Labute approximate surface area is 97.3 Å². The average Bonchev–Trinajstić information content (AvgIpc) is 2.91. The third-order valence-corrected chi connectivity index (χ3v) is 5.85. The van der Waals surface area contributed by atoms with Crippen molar-refractivity contribution < 1.29 is 4.21 Å². The summed E-state index contributed by atoms with van der Waals surface area (Å²) >= 11 is 1.56. The van der Waals surface area contributed by atoms with Gasteiger partial charge in [0, 0.05) is 11.8 Å². The Bertz CT molecular complexity index is 317. The van der Waals surface area contributed by atoms with Crippen LogP contribution in [0.15, 0.2) is 21.7 Å². The van der Waals surface area contributed by atoms with Gasteiger partial charge in [-0.15, -0.1) is 11.3 Å². The van der Waals surface area contributed by atoms with Crippen molar-refractivity contribution in [2.45, 2.75) is 35.9 Å². The van der Waals surface area contributed by atoms with Crippen LogP contribution in [-0.2, 0) is 10.8 Å². The normalized spacial score (nSPS) is 21.7. The van der Waals surface area contributed by atoms with Crippen LogP contribution < -0.4 is 5.73 Å². The lowest BCUT2D eigenvalue weighted by Crippen LogP contribution is -2.33. The van der Waals surface area contributed by atoms with E-state index in [4.69, 9.17) is 5.73 Å². The minimum atomic E-state index is -0.885. The van der Waals surface area contributed by atoms with Crippen LogP contribution in [0, 0.1) is 5.92 Å². The highest BCUT2D eigenvalue weighted by atomic mass is 32.2. The van der Waals surface area contributed by atoms with E-state index < -0.39 is 10.8 Å². The molecule has 2 N–H and O–H groups in total. The SMILES string of the molecule is NC(CS(=O)c1cccs1)C1CCCC1. The molecule has 0 saturated heterocycles. The van der Waals surface area contributed by atoms with Gasteiger partial charge in [-0.1, -0.05) is 18.9 Å². The smallest absolute Gasteiger partial charge is 0.0911 e. The molecule has 1 heterocycles. The molecule has 4 heteroatoms. The summed E-state index contributed by atoms with van der Waals surface area (Å²) in [5, 5.41) is 1.97. The van der Waals surface area contributed by atoms with E-state index in [0.717, 1.165) is 4.21 Å². The van der Waals surface area contributed by atoms with Gasteiger partial charge < -0.3 is 5.73 Å². The highest BCUT2D eigenvalue weighted by Gasteiger charge is 2.23. The van der Waals surface area contributed by atoms with Gasteiger partial charge in [0.25, 0.3) is 0 Å². The molecule has 1 aromatic heterocycles. The van der Waals surface area contributed by atoms with E-state index in [2.05, 4.69) is 0 Å². The summed E-state index contributed by atoms with van der Waals surface area (Å²) in [6.07, 6.45) is 5.04. The highest BCUT2D eigenvalue weighted by Crippen LogP contribution is 2.28. The van der Waals surface area contributed by atoms with Gasteiger partial charge in [0.05, 0.1) is 15.0 Å². The van der Waals surface area contributed by atoms with E-state index in [9.17, 15) is 4.21 Å². The zero-order valence-corrected chi connectivity index (χ0v) is 10.4. The molecule has 84 valence electrons. The number of thiophene rings is 1. The fourth-order valence-corrected chi connectivity index (χ4v) is 4.44. The molecule has 1 saturated carbocycles. The maximum atomic E-state index is 11.9. The van der Waals surface area contributed by atoms with Gasteiger partial charge >= 0.3 is 0 Å². The summed E-state index contributed by atoms with van der Waals surface area (Å²) in [7, 11) is -0.885. The first kappa shape index (κ1) is 11.3. The quantitative estimate of drug-likeness (QED) is 0.882. The fraction of sp³-hybridized carbons (Fsp3) is 0.636. The summed E-state index contributed by atoms with van der Waals surface area (Å²) in [6, 6.07) is 4.00. The fourth-order valence-electron chi connectivity index (χ4n) is 2.17. The molecule has 0 amide bonds. The van der Waals surface area contributed by atoms with E-state index in [0.29, 0.717) is 11.7 Å². The second-order valence-corrected chi connectivity index (χ2v) is 6.82. The third kappa shape index (κ3) is 2.89. The van der Waals surface area contributed by atoms with Gasteiger partial charge in [0.15, 0.2) is 0 Å². The lowest BCUT2D eigenvalue weighted by atomic mass is 10.0. The molecule has 1 aliphatic carbocycles. The van der Waals surface area contributed by atoms with Crippen LogP contribution in [0.5, 0.6) is 0 Å². The van der Waals surface area contributed by atoms with Crippen LogP contribution in [0.25, 0.3) is 0 Å². The second kappa shape index (κ2) is 5.23.